The standard InChI is InChI=1S/C12H14FNO3/c13-10-4-2-1-3-9(10)11-5-8-17-12(16)14(11)6-7-15/h1-4,11,15H,5-8H2. The number of halogens is 1. The molecule has 1 saturated heterocycles. The van der Waals surface area contributed by atoms with Gasteiger partial charge in [0.15, 0.2) is 0 Å². The number of hydrogen-bond acceptors (Lipinski definition) is 3. The molecule has 0 radical (unpaired) electrons. The fourth-order valence-corrected chi connectivity index (χ4v) is 2.05. The molecule has 17 heavy (non-hydrogen) atoms. The zero-order valence-electron chi connectivity index (χ0n) is 9.30. The summed E-state index contributed by atoms with van der Waals surface area (Å²) in [5, 5.41) is 8.93. The predicted molar refractivity (Wildman–Crippen MR) is 58.9 cm³/mol. The second kappa shape index (κ2) is 5.14. The lowest BCUT2D eigenvalue weighted by atomic mass is 10.0. The minimum atomic E-state index is -0.501. The van der Waals surface area contributed by atoms with Gasteiger partial charge in [0, 0.05) is 18.5 Å². The number of carbonyl (C=O) groups excluding carboxylic acids is 1. The summed E-state index contributed by atoms with van der Waals surface area (Å²) in [6, 6.07) is 6.01. The number of rotatable bonds is 3. The van der Waals surface area contributed by atoms with E-state index in [1.807, 2.05) is 0 Å². The van der Waals surface area contributed by atoms with Crippen LogP contribution in [0.4, 0.5) is 9.18 Å². The third-order valence-corrected chi connectivity index (χ3v) is 2.83. The molecule has 1 aliphatic heterocycles. The number of carbonyl (C=O) groups is 1. The molecule has 1 amide bonds. The van der Waals surface area contributed by atoms with Crippen molar-refractivity contribution in [2.24, 2.45) is 0 Å². The second-order valence-corrected chi connectivity index (χ2v) is 3.86. The maximum absolute atomic E-state index is 13.7. The highest BCUT2D eigenvalue weighted by Crippen LogP contribution is 2.29. The number of benzene rings is 1. The number of amides is 1. The number of aliphatic hydroxyl groups is 1. The molecule has 0 bridgehead atoms. The summed E-state index contributed by atoms with van der Waals surface area (Å²) in [6.07, 6.45) is 0.0331. The molecule has 1 aliphatic rings. The first kappa shape index (κ1) is 11.9. The molecule has 4 nitrogen and oxygen atoms in total. The van der Waals surface area contributed by atoms with Crippen molar-refractivity contribution in [2.75, 3.05) is 19.8 Å². The van der Waals surface area contributed by atoms with Crippen molar-refractivity contribution in [1.29, 1.82) is 0 Å². The fraction of sp³-hybridized carbons (Fsp3) is 0.417. The van der Waals surface area contributed by atoms with E-state index in [-0.39, 0.29) is 31.6 Å². The lowest BCUT2D eigenvalue weighted by Crippen LogP contribution is -2.42. The van der Waals surface area contributed by atoms with Gasteiger partial charge in [-0.3, -0.25) is 4.90 Å². The highest BCUT2D eigenvalue weighted by molar-refractivity contribution is 5.69. The zero-order chi connectivity index (χ0) is 12.3. The summed E-state index contributed by atoms with van der Waals surface area (Å²) < 4.78 is 18.6. The minimum Gasteiger partial charge on any atom is -0.449 e. The number of β-amino-alcohol motifs (C(OH)–C–C–N with tert-alkyl or cyclic N) is 1. The quantitative estimate of drug-likeness (QED) is 0.873. The third kappa shape index (κ3) is 2.39. The molecule has 1 N–H and O–H groups in total. The number of ether oxygens (including phenoxy) is 1. The van der Waals surface area contributed by atoms with Gasteiger partial charge >= 0.3 is 6.09 Å². The van der Waals surface area contributed by atoms with Crippen molar-refractivity contribution in [3.05, 3.63) is 35.6 Å². The Hall–Kier alpha value is -1.62. The van der Waals surface area contributed by atoms with Crippen molar-refractivity contribution in [3.8, 4) is 0 Å². The van der Waals surface area contributed by atoms with E-state index in [2.05, 4.69) is 0 Å². The van der Waals surface area contributed by atoms with Gasteiger partial charge in [0.1, 0.15) is 5.82 Å². The zero-order valence-corrected chi connectivity index (χ0v) is 9.30. The molecule has 2 rings (SSSR count). The SMILES string of the molecule is O=C1OCCC(c2ccccc2F)N1CCO. The molecule has 1 unspecified atom stereocenters. The summed E-state index contributed by atoms with van der Waals surface area (Å²) in [4.78, 5) is 12.9. The van der Waals surface area contributed by atoms with Crippen LogP contribution in [0.2, 0.25) is 0 Å². The maximum Gasteiger partial charge on any atom is 0.410 e. The number of nitrogens with zero attached hydrogens (tertiary/aromatic N) is 1. The van der Waals surface area contributed by atoms with Crippen LogP contribution < -0.4 is 0 Å². The van der Waals surface area contributed by atoms with Crippen molar-refractivity contribution < 1.29 is 19.0 Å². The Morgan fingerprint density at radius 1 is 1.47 bits per heavy atom. The van der Waals surface area contributed by atoms with E-state index in [0.29, 0.717) is 12.0 Å². The van der Waals surface area contributed by atoms with E-state index in [1.165, 1.54) is 11.0 Å². The van der Waals surface area contributed by atoms with Crippen LogP contribution in [-0.2, 0) is 4.74 Å². The summed E-state index contributed by atoms with van der Waals surface area (Å²) in [6.45, 7) is 0.262. The highest BCUT2D eigenvalue weighted by atomic mass is 19.1. The summed E-state index contributed by atoms with van der Waals surface area (Å²) >= 11 is 0. The van der Waals surface area contributed by atoms with E-state index in [1.54, 1.807) is 18.2 Å². The molecule has 1 fully saturated rings. The minimum absolute atomic E-state index is 0.151. The predicted octanol–water partition coefficient (Wildman–Crippen LogP) is 1.70. The van der Waals surface area contributed by atoms with Crippen LogP contribution in [0.5, 0.6) is 0 Å². The second-order valence-electron chi connectivity index (χ2n) is 3.86. The van der Waals surface area contributed by atoms with Crippen molar-refractivity contribution in [2.45, 2.75) is 12.5 Å². The van der Waals surface area contributed by atoms with Crippen LogP contribution in [0, 0.1) is 5.82 Å². The van der Waals surface area contributed by atoms with E-state index in [4.69, 9.17) is 9.84 Å². The average Bonchev–Trinajstić information content (AvgIpc) is 2.33. The van der Waals surface area contributed by atoms with Gasteiger partial charge in [-0.1, -0.05) is 18.2 Å². The largest absolute Gasteiger partial charge is 0.449 e. The summed E-state index contributed by atoms with van der Waals surface area (Å²) in [5.41, 5.74) is 0.470. The highest BCUT2D eigenvalue weighted by Gasteiger charge is 2.31. The molecule has 5 heteroatoms. The molecular weight excluding hydrogens is 225 g/mol. The molecule has 1 heterocycles. The number of hydrogen-bond donors (Lipinski definition) is 1. The van der Waals surface area contributed by atoms with Gasteiger partial charge in [-0.05, 0) is 6.07 Å². The Labute approximate surface area is 98.6 Å². The maximum atomic E-state index is 13.7. The van der Waals surface area contributed by atoms with Crippen LogP contribution in [-0.4, -0.2) is 35.9 Å². The lowest BCUT2D eigenvalue weighted by Gasteiger charge is -2.34. The number of cyclic esters (lactones) is 1. The van der Waals surface area contributed by atoms with E-state index >= 15 is 0 Å². The molecule has 0 aliphatic carbocycles. The molecular formula is C12H14FNO3. The molecule has 1 aromatic rings. The molecule has 0 spiro atoms. The van der Waals surface area contributed by atoms with E-state index < -0.39 is 6.09 Å². The topological polar surface area (TPSA) is 49.8 Å². The van der Waals surface area contributed by atoms with Gasteiger partial charge in [-0.15, -0.1) is 0 Å². The van der Waals surface area contributed by atoms with Crippen LogP contribution in [0.1, 0.15) is 18.0 Å². The lowest BCUT2D eigenvalue weighted by molar-refractivity contribution is 0.0352. The smallest absolute Gasteiger partial charge is 0.410 e. The summed E-state index contributed by atoms with van der Waals surface area (Å²) in [5.74, 6) is -0.338. The monoisotopic (exact) mass is 239 g/mol. The van der Waals surface area contributed by atoms with Gasteiger partial charge in [-0.2, -0.15) is 0 Å². The molecule has 0 aromatic heterocycles. The van der Waals surface area contributed by atoms with Crippen LogP contribution in [0.15, 0.2) is 24.3 Å². The van der Waals surface area contributed by atoms with Crippen LogP contribution in [0.3, 0.4) is 0 Å². The van der Waals surface area contributed by atoms with Crippen molar-refractivity contribution in [3.63, 3.8) is 0 Å². The van der Waals surface area contributed by atoms with Crippen molar-refractivity contribution >= 4 is 6.09 Å². The molecule has 1 aromatic carbocycles. The first-order valence-corrected chi connectivity index (χ1v) is 5.52. The van der Waals surface area contributed by atoms with E-state index in [9.17, 15) is 9.18 Å². The first-order chi connectivity index (χ1) is 8.24. The normalized spacial score (nSPS) is 20.2. The van der Waals surface area contributed by atoms with Gasteiger partial charge in [0.2, 0.25) is 0 Å². The molecule has 0 saturated carbocycles. The van der Waals surface area contributed by atoms with Gasteiger partial charge in [-0.25, -0.2) is 9.18 Å². The van der Waals surface area contributed by atoms with Gasteiger partial charge in [0.25, 0.3) is 0 Å². The Balaban J connectivity index is 2.28. The van der Waals surface area contributed by atoms with Gasteiger partial charge < -0.3 is 9.84 Å². The molecule has 1 atom stereocenters. The van der Waals surface area contributed by atoms with Crippen LogP contribution >= 0.6 is 0 Å². The summed E-state index contributed by atoms with van der Waals surface area (Å²) in [7, 11) is 0. The Morgan fingerprint density at radius 2 is 2.24 bits per heavy atom. The van der Waals surface area contributed by atoms with Crippen molar-refractivity contribution in [1.82, 2.24) is 4.90 Å². The fourth-order valence-electron chi connectivity index (χ4n) is 2.05. The Kier molecular flexibility index (Phi) is 3.58. The average molecular weight is 239 g/mol. The third-order valence-electron chi connectivity index (χ3n) is 2.83. The molecule has 92 valence electrons. The number of aliphatic hydroxyl groups excluding tert-OH is 1. The van der Waals surface area contributed by atoms with Gasteiger partial charge in [0.05, 0.1) is 19.3 Å². The van der Waals surface area contributed by atoms with Crippen LogP contribution in [0.25, 0.3) is 0 Å². The Bertz CT molecular complexity index is 410. The first-order valence-electron chi connectivity index (χ1n) is 5.52. The Morgan fingerprint density at radius 3 is 2.94 bits per heavy atom. The van der Waals surface area contributed by atoms with E-state index in [0.717, 1.165) is 0 Å².